The molecule has 2 aromatic heterocycles. The molecule has 27 heavy (non-hydrogen) atoms. The monoisotopic (exact) mass is 387 g/mol. The van der Waals surface area contributed by atoms with Crippen LogP contribution in [-0.4, -0.2) is 40.1 Å². The van der Waals surface area contributed by atoms with Crippen LogP contribution in [0.15, 0.2) is 34.5 Å². The molecule has 0 atom stereocenters. The Kier molecular flexibility index (Phi) is 5.57. The molecule has 0 bridgehead atoms. The second-order valence-corrected chi connectivity index (χ2v) is 6.65. The predicted octanol–water partition coefficient (Wildman–Crippen LogP) is 2.17. The standard InChI is InChI=1S/C19H21N3O4S/c1-12-9-14(13(2)21(12)6-8-25-3)10-16-17(23)20-19(27)22(18(16)24)11-15-5-4-7-26-15/h4-5,7,9-10H,6,8,11H2,1-3H3,(H,20,23,27)/b16-10-. The van der Waals surface area contributed by atoms with Gasteiger partial charge in [-0.2, -0.15) is 0 Å². The van der Waals surface area contributed by atoms with E-state index in [0.29, 0.717) is 18.9 Å². The molecule has 1 saturated heterocycles. The summed E-state index contributed by atoms with van der Waals surface area (Å²) in [6.45, 7) is 5.37. The maximum Gasteiger partial charge on any atom is 0.266 e. The summed E-state index contributed by atoms with van der Waals surface area (Å²) in [5.41, 5.74) is 2.85. The first kappa shape index (κ1) is 19.1. The van der Waals surface area contributed by atoms with Gasteiger partial charge in [0.2, 0.25) is 0 Å². The van der Waals surface area contributed by atoms with Gasteiger partial charge >= 0.3 is 0 Å². The van der Waals surface area contributed by atoms with Crippen molar-refractivity contribution >= 4 is 35.2 Å². The largest absolute Gasteiger partial charge is 0.467 e. The number of ether oxygens (including phenoxy) is 1. The number of amides is 2. The number of rotatable bonds is 6. The van der Waals surface area contributed by atoms with Crippen LogP contribution >= 0.6 is 12.2 Å². The number of carbonyl (C=O) groups excluding carboxylic acids is 2. The Morgan fingerprint density at radius 1 is 1.33 bits per heavy atom. The third kappa shape index (κ3) is 3.86. The SMILES string of the molecule is COCCn1c(C)cc(/C=C2/C(=O)NC(=S)N(Cc3ccco3)C2=O)c1C. The lowest BCUT2D eigenvalue weighted by atomic mass is 10.1. The Balaban J connectivity index is 1.91. The Morgan fingerprint density at radius 3 is 2.78 bits per heavy atom. The van der Waals surface area contributed by atoms with E-state index >= 15 is 0 Å². The second-order valence-electron chi connectivity index (χ2n) is 6.26. The quantitative estimate of drug-likeness (QED) is 0.467. The molecule has 0 saturated carbocycles. The highest BCUT2D eigenvalue weighted by molar-refractivity contribution is 7.80. The van der Waals surface area contributed by atoms with Crippen molar-refractivity contribution in [2.24, 2.45) is 0 Å². The van der Waals surface area contributed by atoms with Gasteiger partial charge in [-0.25, -0.2) is 0 Å². The summed E-state index contributed by atoms with van der Waals surface area (Å²) in [7, 11) is 1.65. The molecule has 1 aliphatic rings. The van der Waals surface area contributed by atoms with E-state index in [4.69, 9.17) is 21.4 Å². The summed E-state index contributed by atoms with van der Waals surface area (Å²) in [6, 6.07) is 5.43. The molecule has 0 unspecified atom stereocenters. The first-order valence-electron chi connectivity index (χ1n) is 8.49. The van der Waals surface area contributed by atoms with Gasteiger partial charge in [-0.1, -0.05) is 0 Å². The number of aromatic nitrogens is 1. The number of furan rings is 1. The second kappa shape index (κ2) is 7.89. The van der Waals surface area contributed by atoms with E-state index in [1.807, 2.05) is 19.9 Å². The van der Waals surface area contributed by atoms with Gasteiger partial charge in [0.25, 0.3) is 11.8 Å². The zero-order chi connectivity index (χ0) is 19.6. The van der Waals surface area contributed by atoms with Crippen LogP contribution in [0.5, 0.6) is 0 Å². The van der Waals surface area contributed by atoms with Crippen molar-refractivity contribution in [3.05, 3.63) is 52.7 Å². The van der Waals surface area contributed by atoms with Gasteiger partial charge in [-0.3, -0.25) is 19.8 Å². The molecule has 0 radical (unpaired) electrons. The van der Waals surface area contributed by atoms with Crippen molar-refractivity contribution in [3.63, 3.8) is 0 Å². The Morgan fingerprint density at radius 2 is 2.11 bits per heavy atom. The molecular formula is C19H21N3O4S. The van der Waals surface area contributed by atoms with E-state index in [-0.39, 0.29) is 17.2 Å². The van der Waals surface area contributed by atoms with E-state index in [1.54, 1.807) is 25.3 Å². The fourth-order valence-corrected chi connectivity index (χ4v) is 3.29. The summed E-state index contributed by atoms with van der Waals surface area (Å²) < 4.78 is 12.5. The third-order valence-electron chi connectivity index (χ3n) is 4.51. The Bertz CT molecular complexity index is 912. The van der Waals surface area contributed by atoms with Crippen molar-refractivity contribution in [1.82, 2.24) is 14.8 Å². The van der Waals surface area contributed by atoms with E-state index in [9.17, 15) is 9.59 Å². The third-order valence-corrected chi connectivity index (χ3v) is 4.83. The van der Waals surface area contributed by atoms with Gasteiger partial charge in [-0.05, 0) is 55.9 Å². The minimum atomic E-state index is -0.498. The fraction of sp³-hybridized carbons (Fsp3) is 0.316. The van der Waals surface area contributed by atoms with Crippen LogP contribution in [0.25, 0.3) is 6.08 Å². The highest BCUT2D eigenvalue weighted by Gasteiger charge is 2.34. The van der Waals surface area contributed by atoms with Crippen LogP contribution in [-0.2, 0) is 27.4 Å². The molecule has 142 valence electrons. The number of carbonyl (C=O) groups is 2. The van der Waals surface area contributed by atoms with Crippen LogP contribution in [0.4, 0.5) is 0 Å². The molecule has 2 amide bonds. The van der Waals surface area contributed by atoms with Crippen LogP contribution in [0, 0.1) is 13.8 Å². The highest BCUT2D eigenvalue weighted by Crippen LogP contribution is 2.21. The number of hydrogen-bond donors (Lipinski definition) is 1. The number of nitrogens with one attached hydrogen (secondary N) is 1. The summed E-state index contributed by atoms with van der Waals surface area (Å²) in [4.78, 5) is 26.6. The molecule has 0 aromatic carbocycles. The van der Waals surface area contributed by atoms with Gasteiger partial charge < -0.3 is 13.7 Å². The van der Waals surface area contributed by atoms with Crippen LogP contribution in [0.3, 0.4) is 0 Å². The molecule has 0 aliphatic carbocycles. The smallest absolute Gasteiger partial charge is 0.266 e. The van der Waals surface area contributed by atoms with Gasteiger partial charge in [0, 0.05) is 25.0 Å². The first-order chi connectivity index (χ1) is 12.9. The average molecular weight is 387 g/mol. The molecular weight excluding hydrogens is 366 g/mol. The van der Waals surface area contributed by atoms with Crippen molar-refractivity contribution < 1.29 is 18.7 Å². The first-order valence-corrected chi connectivity index (χ1v) is 8.90. The summed E-state index contributed by atoms with van der Waals surface area (Å²) >= 11 is 5.16. The molecule has 1 fully saturated rings. The van der Waals surface area contributed by atoms with Crippen molar-refractivity contribution in [1.29, 1.82) is 0 Å². The lowest BCUT2D eigenvalue weighted by Crippen LogP contribution is -2.53. The maximum absolute atomic E-state index is 12.9. The minimum Gasteiger partial charge on any atom is -0.467 e. The number of aryl methyl sites for hydroxylation is 1. The molecule has 8 heteroatoms. The van der Waals surface area contributed by atoms with E-state index < -0.39 is 11.8 Å². The van der Waals surface area contributed by atoms with Crippen LogP contribution in [0.1, 0.15) is 22.7 Å². The van der Waals surface area contributed by atoms with Crippen LogP contribution in [0.2, 0.25) is 0 Å². The summed E-state index contributed by atoms with van der Waals surface area (Å²) in [6.07, 6.45) is 3.14. The Labute approximate surface area is 162 Å². The van der Waals surface area contributed by atoms with Crippen molar-refractivity contribution in [2.45, 2.75) is 26.9 Å². The zero-order valence-corrected chi connectivity index (χ0v) is 16.3. The summed E-state index contributed by atoms with van der Waals surface area (Å²) in [5.74, 6) is -0.358. The van der Waals surface area contributed by atoms with Gasteiger partial charge in [0.15, 0.2) is 5.11 Å². The van der Waals surface area contributed by atoms with Gasteiger partial charge in [0.1, 0.15) is 11.3 Å². The lowest BCUT2D eigenvalue weighted by molar-refractivity contribution is -0.129. The molecule has 3 heterocycles. The summed E-state index contributed by atoms with van der Waals surface area (Å²) in [5, 5.41) is 2.65. The molecule has 3 rings (SSSR count). The zero-order valence-electron chi connectivity index (χ0n) is 15.4. The van der Waals surface area contributed by atoms with Gasteiger partial charge in [-0.15, -0.1) is 0 Å². The Hall–Kier alpha value is -2.71. The normalized spacial score (nSPS) is 16.3. The maximum atomic E-state index is 12.9. The highest BCUT2D eigenvalue weighted by atomic mass is 32.1. The van der Waals surface area contributed by atoms with E-state index in [2.05, 4.69) is 9.88 Å². The number of nitrogens with zero attached hydrogens (tertiary/aromatic N) is 2. The average Bonchev–Trinajstić information content (AvgIpc) is 3.22. The lowest BCUT2D eigenvalue weighted by Gasteiger charge is -2.28. The molecule has 1 aliphatic heterocycles. The van der Waals surface area contributed by atoms with Crippen LogP contribution < -0.4 is 5.32 Å². The topological polar surface area (TPSA) is 76.7 Å². The molecule has 7 nitrogen and oxygen atoms in total. The van der Waals surface area contributed by atoms with E-state index in [0.717, 1.165) is 17.0 Å². The number of hydrogen-bond acceptors (Lipinski definition) is 5. The van der Waals surface area contributed by atoms with Gasteiger partial charge in [0.05, 0.1) is 19.4 Å². The minimum absolute atomic E-state index is 0.0437. The molecule has 0 spiro atoms. The van der Waals surface area contributed by atoms with E-state index in [1.165, 1.54) is 11.2 Å². The van der Waals surface area contributed by atoms with Crippen molar-refractivity contribution in [2.75, 3.05) is 13.7 Å². The number of methoxy groups -OCH3 is 1. The molecule has 1 N–H and O–H groups in total. The fourth-order valence-electron chi connectivity index (χ4n) is 3.05. The number of thiocarbonyl (C=S) groups is 1. The van der Waals surface area contributed by atoms with Crippen molar-refractivity contribution in [3.8, 4) is 0 Å². The molecule has 2 aromatic rings. The predicted molar refractivity (Wildman–Crippen MR) is 104 cm³/mol.